The molecule has 2 rings (SSSR count). The highest BCUT2D eigenvalue weighted by Gasteiger charge is 2.10. The lowest BCUT2D eigenvalue weighted by molar-refractivity contribution is 0.0735. The van der Waals surface area contributed by atoms with E-state index >= 15 is 0 Å². The predicted octanol–water partition coefficient (Wildman–Crippen LogP) is 5.91. The second kappa shape index (κ2) is 9.99. The minimum atomic E-state index is -0.436. The van der Waals surface area contributed by atoms with Gasteiger partial charge in [0.15, 0.2) is 0 Å². The van der Waals surface area contributed by atoms with Crippen molar-refractivity contribution in [1.29, 1.82) is 0 Å². The zero-order valence-electron chi connectivity index (χ0n) is 14.0. The van der Waals surface area contributed by atoms with Crippen molar-refractivity contribution in [3.05, 3.63) is 59.1 Å². The molecule has 0 amide bonds. The van der Waals surface area contributed by atoms with Crippen molar-refractivity contribution < 1.29 is 14.3 Å². The van der Waals surface area contributed by atoms with Gasteiger partial charge in [0, 0.05) is 0 Å². The third-order valence-electron chi connectivity index (χ3n) is 3.65. The van der Waals surface area contributed by atoms with Gasteiger partial charge in [-0.2, -0.15) is 0 Å². The molecule has 0 saturated heterocycles. The van der Waals surface area contributed by atoms with Crippen molar-refractivity contribution >= 4 is 17.6 Å². The molecule has 0 aliphatic rings. The fraction of sp³-hybridized carbons (Fsp3) is 0.350. The van der Waals surface area contributed by atoms with Crippen LogP contribution < -0.4 is 9.47 Å². The van der Waals surface area contributed by atoms with Crippen LogP contribution in [0.1, 0.15) is 49.4 Å². The van der Waals surface area contributed by atoms with Crippen molar-refractivity contribution in [3.8, 4) is 11.5 Å². The second-order valence-electron chi connectivity index (χ2n) is 5.61. The van der Waals surface area contributed by atoms with Crippen LogP contribution in [0.2, 0.25) is 5.02 Å². The van der Waals surface area contributed by atoms with Crippen LogP contribution in [0.4, 0.5) is 0 Å². The van der Waals surface area contributed by atoms with E-state index in [1.807, 2.05) is 0 Å². The predicted molar refractivity (Wildman–Crippen MR) is 97.1 cm³/mol. The zero-order valence-corrected chi connectivity index (χ0v) is 14.7. The quantitative estimate of drug-likeness (QED) is 0.321. The lowest BCUT2D eigenvalue weighted by Crippen LogP contribution is -2.08. The number of halogens is 1. The maximum absolute atomic E-state index is 12.1. The zero-order chi connectivity index (χ0) is 17.2. The largest absolute Gasteiger partial charge is 0.494 e. The van der Waals surface area contributed by atoms with Gasteiger partial charge in [-0.15, -0.1) is 0 Å². The van der Waals surface area contributed by atoms with Gasteiger partial charge in [-0.3, -0.25) is 0 Å². The van der Waals surface area contributed by atoms with Gasteiger partial charge in [0.05, 0.1) is 17.2 Å². The summed E-state index contributed by atoms with van der Waals surface area (Å²) in [5, 5.41) is 0.411. The van der Waals surface area contributed by atoms with Gasteiger partial charge in [-0.05, 0) is 42.8 Å². The summed E-state index contributed by atoms with van der Waals surface area (Å²) >= 11 is 5.99. The average molecular weight is 347 g/mol. The fourth-order valence-corrected chi connectivity index (χ4v) is 2.44. The first kappa shape index (κ1) is 18.3. The van der Waals surface area contributed by atoms with E-state index in [0.717, 1.165) is 12.2 Å². The van der Waals surface area contributed by atoms with Gasteiger partial charge in [0.1, 0.15) is 11.5 Å². The van der Waals surface area contributed by atoms with Gasteiger partial charge in [0.2, 0.25) is 0 Å². The third kappa shape index (κ3) is 5.89. The standard InChI is InChI=1S/C20H23ClO3/c1-2-3-4-5-8-15-23-17-13-11-16(12-14-17)20(22)24-19-10-7-6-9-18(19)21/h6-7,9-14H,2-5,8,15H2,1H3. The van der Waals surface area contributed by atoms with Gasteiger partial charge in [0.25, 0.3) is 0 Å². The summed E-state index contributed by atoms with van der Waals surface area (Å²) in [4.78, 5) is 12.1. The van der Waals surface area contributed by atoms with Crippen molar-refractivity contribution in [3.63, 3.8) is 0 Å². The molecule has 0 aromatic heterocycles. The molecule has 0 spiro atoms. The Kier molecular flexibility index (Phi) is 7.63. The van der Waals surface area contributed by atoms with E-state index in [2.05, 4.69) is 6.92 Å². The molecule has 0 fully saturated rings. The Balaban J connectivity index is 1.81. The number of carbonyl (C=O) groups excluding carboxylic acids is 1. The second-order valence-corrected chi connectivity index (χ2v) is 6.01. The van der Waals surface area contributed by atoms with Gasteiger partial charge >= 0.3 is 5.97 Å². The molecular weight excluding hydrogens is 324 g/mol. The van der Waals surface area contributed by atoms with Crippen LogP contribution in [0.3, 0.4) is 0 Å². The van der Waals surface area contributed by atoms with Crippen LogP contribution in [0.15, 0.2) is 48.5 Å². The molecule has 0 aliphatic carbocycles. The Morgan fingerprint density at radius 1 is 0.958 bits per heavy atom. The maximum atomic E-state index is 12.1. The number of para-hydroxylation sites is 1. The number of hydrogen-bond donors (Lipinski definition) is 0. The molecule has 2 aromatic rings. The topological polar surface area (TPSA) is 35.5 Å². The molecule has 0 unspecified atom stereocenters. The van der Waals surface area contributed by atoms with Crippen molar-refractivity contribution in [2.24, 2.45) is 0 Å². The van der Waals surface area contributed by atoms with Crippen LogP contribution in [0.25, 0.3) is 0 Å². The highest BCUT2D eigenvalue weighted by Crippen LogP contribution is 2.24. The van der Waals surface area contributed by atoms with E-state index in [-0.39, 0.29) is 0 Å². The van der Waals surface area contributed by atoms with E-state index in [4.69, 9.17) is 21.1 Å². The number of ether oxygens (including phenoxy) is 2. The molecule has 0 N–H and O–H groups in total. The molecule has 0 saturated carbocycles. The molecule has 0 atom stereocenters. The first-order valence-electron chi connectivity index (χ1n) is 8.40. The fourth-order valence-electron chi connectivity index (χ4n) is 2.27. The number of hydrogen-bond acceptors (Lipinski definition) is 3. The van der Waals surface area contributed by atoms with Crippen molar-refractivity contribution in [2.75, 3.05) is 6.61 Å². The summed E-state index contributed by atoms with van der Waals surface area (Å²) < 4.78 is 11.0. The Morgan fingerprint density at radius 2 is 1.67 bits per heavy atom. The lowest BCUT2D eigenvalue weighted by Gasteiger charge is -2.08. The van der Waals surface area contributed by atoms with E-state index in [9.17, 15) is 4.79 Å². The third-order valence-corrected chi connectivity index (χ3v) is 3.96. The first-order valence-corrected chi connectivity index (χ1v) is 8.78. The summed E-state index contributed by atoms with van der Waals surface area (Å²) in [5.41, 5.74) is 0.463. The number of benzene rings is 2. The van der Waals surface area contributed by atoms with Gasteiger partial charge < -0.3 is 9.47 Å². The molecule has 0 aliphatic heterocycles. The average Bonchev–Trinajstić information content (AvgIpc) is 2.60. The van der Waals surface area contributed by atoms with Crippen LogP contribution in [-0.4, -0.2) is 12.6 Å². The molecule has 3 nitrogen and oxygen atoms in total. The Bertz CT molecular complexity index is 638. The minimum Gasteiger partial charge on any atom is -0.494 e. The van der Waals surface area contributed by atoms with Gasteiger partial charge in [-0.25, -0.2) is 4.79 Å². The van der Waals surface area contributed by atoms with Crippen LogP contribution >= 0.6 is 11.6 Å². The highest BCUT2D eigenvalue weighted by atomic mass is 35.5. The summed E-state index contributed by atoms with van der Waals surface area (Å²) in [5.74, 6) is 0.686. The van der Waals surface area contributed by atoms with Gasteiger partial charge in [-0.1, -0.05) is 56.3 Å². The lowest BCUT2D eigenvalue weighted by atomic mass is 10.2. The highest BCUT2D eigenvalue weighted by molar-refractivity contribution is 6.32. The van der Waals surface area contributed by atoms with E-state index < -0.39 is 5.97 Å². The molecule has 2 aromatic carbocycles. The number of unbranched alkanes of at least 4 members (excludes halogenated alkanes) is 4. The van der Waals surface area contributed by atoms with Crippen LogP contribution in [0, 0.1) is 0 Å². The summed E-state index contributed by atoms with van der Waals surface area (Å²) in [6.07, 6.45) is 6.02. The Hall–Kier alpha value is -2.00. The monoisotopic (exact) mass is 346 g/mol. The van der Waals surface area contributed by atoms with E-state index in [1.54, 1.807) is 48.5 Å². The molecule has 128 valence electrons. The molecule has 24 heavy (non-hydrogen) atoms. The normalized spacial score (nSPS) is 10.4. The van der Waals surface area contributed by atoms with Crippen molar-refractivity contribution in [2.45, 2.75) is 39.0 Å². The van der Waals surface area contributed by atoms with E-state index in [0.29, 0.717) is 22.9 Å². The summed E-state index contributed by atoms with van der Waals surface area (Å²) in [6, 6.07) is 13.9. The number of esters is 1. The van der Waals surface area contributed by atoms with E-state index in [1.165, 1.54) is 25.7 Å². The maximum Gasteiger partial charge on any atom is 0.343 e. The molecule has 4 heteroatoms. The molecular formula is C20H23ClO3. The van der Waals surface area contributed by atoms with Crippen molar-refractivity contribution in [1.82, 2.24) is 0 Å². The number of rotatable bonds is 9. The Morgan fingerprint density at radius 3 is 2.38 bits per heavy atom. The molecule has 0 radical (unpaired) electrons. The molecule has 0 bridgehead atoms. The SMILES string of the molecule is CCCCCCCOc1ccc(C(=O)Oc2ccccc2Cl)cc1. The summed E-state index contributed by atoms with van der Waals surface area (Å²) in [7, 11) is 0. The smallest absolute Gasteiger partial charge is 0.343 e. The van der Waals surface area contributed by atoms with Crippen LogP contribution in [0.5, 0.6) is 11.5 Å². The minimum absolute atomic E-state index is 0.358. The number of carbonyl (C=O) groups is 1. The first-order chi connectivity index (χ1) is 11.7. The Labute approximate surface area is 148 Å². The summed E-state index contributed by atoms with van der Waals surface area (Å²) in [6.45, 7) is 2.90. The van der Waals surface area contributed by atoms with Crippen LogP contribution in [-0.2, 0) is 0 Å². The molecule has 0 heterocycles.